The fourth-order valence-electron chi connectivity index (χ4n) is 3.69. The minimum absolute atomic E-state index is 0.180. The van der Waals surface area contributed by atoms with Gasteiger partial charge < -0.3 is 15.4 Å². The maximum Gasteiger partial charge on any atom is 0.266 e. The van der Waals surface area contributed by atoms with Crippen LogP contribution >= 0.6 is 22.7 Å². The zero-order valence-corrected chi connectivity index (χ0v) is 18.6. The number of para-hydroxylation sites is 2. The zero-order valence-electron chi connectivity index (χ0n) is 17.0. The van der Waals surface area contributed by atoms with Crippen LogP contribution < -0.4 is 15.4 Å². The van der Waals surface area contributed by atoms with Crippen LogP contribution in [0.15, 0.2) is 41.8 Å². The van der Waals surface area contributed by atoms with Gasteiger partial charge in [-0.1, -0.05) is 25.1 Å². The Morgan fingerprint density at radius 3 is 2.73 bits per heavy atom. The summed E-state index contributed by atoms with van der Waals surface area (Å²) in [7, 11) is 0. The summed E-state index contributed by atoms with van der Waals surface area (Å²) < 4.78 is 5.65. The van der Waals surface area contributed by atoms with E-state index >= 15 is 0 Å². The number of nitrogens with one attached hydrogen (secondary N) is 2. The number of ether oxygens (including phenoxy) is 1. The molecule has 7 heteroatoms. The fourth-order valence-corrected chi connectivity index (χ4v) is 5.71. The first kappa shape index (κ1) is 20.6. The van der Waals surface area contributed by atoms with Crippen LogP contribution in [-0.2, 0) is 12.8 Å². The van der Waals surface area contributed by atoms with Crippen molar-refractivity contribution < 1.29 is 14.3 Å². The number of thiophene rings is 2. The molecule has 0 spiro atoms. The van der Waals surface area contributed by atoms with E-state index in [0.717, 1.165) is 24.8 Å². The van der Waals surface area contributed by atoms with Gasteiger partial charge in [0.05, 0.1) is 22.7 Å². The largest absolute Gasteiger partial charge is 0.492 e. The van der Waals surface area contributed by atoms with Crippen LogP contribution in [0.3, 0.4) is 0 Å². The number of hydrogen-bond acceptors (Lipinski definition) is 5. The number of amides is 2. The summed E-state index contributed by atoms with van der Waals surface area (Å²) in [5, 5.41) is 8.48. The third kappa shape index (κ3) is 4.27. The third-order valence-corrected chi connectivity index (χ3v) is 7.18. The van der Waals surface area contributed by atoms with E-state index in [1.807, 2.05) is 42.6 Å². The molecule has 2 heterocycles. The predicted molar refractivity (Wildman–Crippen MR) is 123 cm³/mol. The molecular formula is C23H24N2O3S2. The van der Waals surface area contributed by atoms with Crippen LogP contribution in [0, 0.1) is 5.92 Å². The highest BCUT2D eigenvalue weighted by Crippen LogP contribution is 2.40. The highest BCUT2D eigenvalue weighted by atomic mass is 32.1. The minimum Gasteiger partial charge on any atom is -0.492 e. The van der Waals surface area contributed by atoms with Crippen molar-refractivity contribution in [2.75, 3.05) is 17.2 Å². The monoisotopic (exact) mass is 440 g/mol. The highest BCUT2D eigenvalue weighted by molar-refractivity contribution is 7.17. The molecule has 4 rings (SSSR count). The van der Waals surface area contributed by atoms with Gasteiger partial charge >= 0.3 is 0 Å². The van der Waals surface area contributed by atoms with Gasteiger partial charge in [-0.25, -0.2) is 0 Å². The zero-order chi connectivity index (χ0) is 21.1. The molecular weight excluding hydrogens is 416 g/mol. The van der Waals surface area contributed by atoms with Crippen molar-refractivity contribution in [3.05, 3.63) is 62.7 Å². The first-order valence-corrected chi connectivity index (χ1v) is 11.8. The van der Waals surface area contributed by atoms with E-state index in [4.69, 9.17) is 4.74 Å². The maximum absolute atomic E-state index is 13.4. The average Bonchev–Trinajstić information content (AvgIpc) is 3.37. The number of carbonyl (C=O) groups is 2. The summed E-state index contributed by atoms with van der Waals surface area (Å²) in [6, 6.07) is 11.0. The number of anilines is 2. The molecule has 2 N–H and O–H groups in total. The molecule has 30 heavy (non-hydrogen) atoms. The van der Waals surface area contributed by atoms with Gasteiger partial charge in [0, 0.05) is 4.88 Å². The lowest BCUT2D eigenvalue weighted by atomic mass is 9.88. The van der Waals surface area contributed by atoms with Gasteiger partial charge in [-0.3, -0.25) is 9.59 Å². The summed E-state index contributed by atoms with van der Waals surface area (Å²) in [6.45, 7) is 4.65. The smallest absolute Gasteiger partial charge is 0.266 e. The van der Waals surface area contributed by atoms with Gasteiger partial charge in [-0.05, 0) is 61.2 Å². The van der Waals surface area contributed by atoms with Gasteiger partial charge in [0.25, 0.3) is 11.8 Å². The van der Waals surface area contributed by atoms with E-state index < -0.39 is 0 Å². The Labute approximate surface area is 184 Å². The fraction of sp³-hybridized carbons (Fsp3) is 0.304. The van der Waals surface area contributed by atoms with Crippen LogP contribution in [0.4, 0.5) is 10.7 Å². The normalized spacial score (nSPS) is 15.3. The molecule has 2 aromatic heterocycles. The molecule has 0 aliphatic heterocycles. The van der Waals surface area contributed by atoms with Crippen molar-refractivity contribution in [2.24, 2.45) is 5.92 Å². The Kier molecular flexibility index (Phi) is 6.20. The van der Waals surface area contributed by atoms with Crippen LogP contribution in [0.25, 0.3) is 0 Å². The van der Waals surface area contributed by atoms with E-state index in [1.54, 1.807) is 6.07 Å². The lowest BCUT2D eigenvalue weighted by molar-refractivity contribution is 0.102. The molecule has 0 saturated carbocycles. The van der Waals surface area contributed by atoms with Crippen molar-refractivity contribution in [3.8, 4) is 5.75 Å². The molecule has 0 fully saturated rings. The number of carbonyl (C=O) groups excluding carboxylic acids is 2. The summed E-state index contributed by atoms with van der Waals surface area (Å²) in [5.74, 6) is 0.818. The molecule has 156 valence electrons. The molecule has 3 aromatic rings. The van der Waals surface area contributed by atoms with Gasteiger partial charge in [-0.15, -0.1) is 22.7 Å². The molecule has 0 bridgehead atoms. The Balaban J connectivity index is 1.67. The number of fused-ring (bicyclic) bond motifs is 1. The first-order valence-electron chi connectivity index (χ1n) is 10.1. The second-order valence-corrected chi connectivity index (χ2v) is 9.42. The second kappa shape index (κ2) is 9.02. The van der Waals surface area contributed by atoms with Gasteiger partial charge in [0.2, 0.25) is 0 Å². The topological polar surface area (TPSA) is 67.4 Å². The SMILES string of the molecule is CCOc1ccccc1NC(=O)c1c(NC(=O)c2cccs2)sc2c1CC[C@@H](C)C2. The van der Waals surface area contributed by atoms with E-state index in [2.05, 4.69) is 17.6 Å². The first-order chi connectivity index (χ1) is 14.6. The molecule has 0 saturated heterocycles. The van der Waals surface area contributed by atoms with Crippen molar-refractivity contribution in [2.45, 2.75) is 33.1 Å². The average molecular weight is 441 g/mol. The molecule has 1 atom stereocenters. The molecule has 0 radical (unpaired) electrons. The van der Waals surface area contributed by atoms with Gasteiger partial charge in [-0.2, -0.15) is 0 Å². The van der Waals surface area contributed by atoms with E-state index in [9.17, 15) is 9.59 Å². The van der Waals surface area contributed by atoms with Crippen LogP contribution in [0.5, 0.6) is 5.75 Å². The summed E-state index contributed by atoms with van der Waals surface area (Å²) in [6.07, 6.45) is 2.82. The number of benzene rings is 1. The van der Waals surface area contributed by atoms with Crippen molar-refractivity contribution in [3.63, 3.8) is 0 Å². The predicted octanol–water partition coefficient (Wildman–Crippen LogP) is 5.84. The highest BCUT2D eigenvalue weighted by Gasteiger charge is 2.29. The van der Waals surface area contributed by atoms with E-state index in [-0.39, 0.29) is 11.8 Å². The lowest BCUT2D eigenvalue weighted by Crippen LogP contribution is -2.19. The molecule has 1 aliphatic rings. The molecule has 2 amide bonds. The Bertz CT molecular complexity index is 1060. The lowest BCUT2D eigenvalue weighted by Gasteiger charge is -2.19. The Morgan fingerprint density at radius 2 is 1.97 bits per heavy atom. The summed E-state index contributed by atoms with van der Waals surface area (Å²) >= 11 is 2.91. The Morgan fingerprint density at radius 1 is 1.13 bits per heavy atom. The molecule has 5 nitrogen and oxygen atoms in total. The Hall–Kier alpha value is -2.64. The van der Waals surface area contributed by atoms with Crippen molar-refractivity contribution in [1.82, 2.24) is 0 Å². The van der Waals surface area contributed by atoms with Crippen molar-refractivity contribution in [1.29, 1.82) is 0 Å². The summed E-state index contributed by atoms with van der Waals surface area (Å²) in [4.78, 5) is 27.9. The quantitative estimate of drug-likeness (QED) is 0.506. The van der Waals surface area contributed by atoms with Crippen LogP contribution in [0.1, 0.15) is 50.7 Å². The van der Waals surface area contributed by atoms with Crippen LogP contribution in [0.2, 0.25) is 0 Å². The van der Waals surface area contributed by atoms with E-state index in [0.29, 0.717) is 39.4 Å². The van der Waals surface area contributed by atoms with E-state index in [1.165, 1.54) is 27.6 Å². The van der Waals surface area contributed by atoms with Gasteiger partial charge in [0.1, 0.15) is 10.8 Å². The molecule has 0 unspecified atom stereocenters. The van der Waals surface area contributed by atoms with Gasteiger partial charge in [0.15, 0.2) is 0 Å². The summed E-state index contributed by atoms with van der Waals surface area (Å²) in [5.41, 5.74) is 2.27. The number of rotatable bonds is 6. The minimum atomic E-state index is -0.212. The van der Waals surface area contributed by atoms with Crippen LogP contribution in [-0.4, -0.2) is 18.4 Å². The molecule has 1 aromatic carbocycles. The second-order valence-electron chi connectivity index (χ2n) is 7.37. The maximum atomic E-state index is 13.4. The third-order valence-electron chi connectivity index (χ3n) is 5.15. The van der Waals surface area contributed by atoms with Crippen molar-refractivity contribution >= 4 is 45.2 Å². The number of hydrogen-bond donors (Lipinski definition) is 2. The molecule has 1 aliphatic carbocycles. The standard InChI is InChI=1S/C23H24N2O3S2/c1-3-28-17-8-5-4-7-16(17)24-22(27)20-15-11-10-14(2)13-19(15)30-23(20)25-21(26)18-9-6-12-29-18/h4-9,12,14H,3,10-11,13H2,1-2H3,(H,24,27)(H,25,26)/t14-/m1/s1.